The number of carbonyl (C=O) groups is 1. The first-order chi connectivity index (χ1) is 4.39. The van der Waals surface area contributed by atoms with Gasteiger partial charge in [-0.2, -0.15) is 5.26 Å². The molecule has 1 amide bonds. The Kier molecular flexibility index (Phi) is 2.42. The molecule has 10 heavy (non-hydrogen) atoms. The van der Waals surface area contributed by atoms with Crippen LogP contribution in [-0.4, -0.2) is 23.4 Å². The van der Waals surface area contributed by atoms with E-state index in [-0.39, 0.29) is 5.54 Å². The van der Waals surface area contributed by atoms with E-state index in [2.05, 4.69) is 0 Å². The molecule has 0 unspecified atom stereocenters. The number of rotatable bonds is 0. The van der Waals surface area contributed by atoms with E-state index in [9.17, 15) is 4.79 Å². The molecular formula is C7H12N2O. The molecule has 0 bridgehead atoms. The summed E-state index contributed by atoms with van der Waals surface area (Å²) in [5.41, 5.74) is -0.257. The number of nitrogens with zero attached hydrogens (tertiary/aromatic N) is 2. The van der Waals surface area contributed by atoms with Crippen molar-refractivity contribution in [2.45, 2.75) is 26.3 Å². The Labute approximate surface area is 61.2 Å². The summed E-state index contributed by atoms with van der Waals surface area (Å²) in [7, 11) is 1.62. The number of nitriles is 1. The SMILES string of the molecule is CN(C(=O)C#N)C(C)(C)C. The molecule has 3 heteroatoms. The number of hydrogen-bond acceptors (Lipinski definition) is 2. The van der Waals surface area contributed by atoms with Gasteiger partial charge in [0.2, 0.25) is 0 Å². The third kappa shape index (κ3) is 2.06. The Morgan fingerprint density at radius 3 is 2.00 bits per heavy atom. The van der Waals surface area contributed by atoms with E-state index in [0.717, 1.165) is 0 Å². The highest BCUT2D eigenvalue weighted by atomic mass is 16.2. The highest BCUT2D eigenvalue weighted by Gasteiger charge is 2.21. The summed E-state index contributed by atoms with van der Waals surface area (Å²) >= 11 is 0. The summed E-state index contributed by atoms with van der Waals surface area (Å²) < 4.78 is 0. The molecule has 0 rings (SSSR count). The lowest BCUT2D eigenvalue weighted by Crippen LogP contribution is -2.41. The largest absolute Gasteiger partial charge is 0.328 e. The standard InChI is InChI=1S/C7H12N2O/c1-7(2,3)9(4)6(10)5-8/h1-4H3. The minimum Gasteiger partial charge on any atom is -0.328 e. The zero-order valence-corrected chi connectivity index (χ0v) is 6.80. The lowest BCUT2D eigenvalue weighted by Gasteiger charge is -2.29. The first kappa shape index (κ1) is 8.96. The summed E-state index contributed by atoms with van der Waals surface area (Å²) in [4.78, 5) is 12.1. The maximum atomic E-state index is 10.7. The van der Waals surface area contributed by atoms with Gasteiger partial charge in [-0.3, -0.25) is 4.79 Å². The predicted octanol–water partition coefficient (Wildman–Crippen LogP) is 0.767. The van der Waals surface area contributed by atoms with E-state index in [0.29, 0.717) is 0 Å². The van der Waals surface area contributed by atoms with Crippen LogP contribution in [0, 0.1) is 11.3 Å². The highest BCUT2D eigenvalue weighted by Crippen LogP contribution is 2.09. The van der Waals surface area contributed by atoms with Crippen molar-refractivity contribution in [2.24, 2.45) is 0 Å². The molecule has 56 valence electrons. The Morgan fingerprint density at radius 2 is 1.90 bits per heavy atom. The monoisotopic (exact) mass is 140 g/mol. The molecule has 0 saturated carbocycles. The zero-order valence-electron chi connectivity index (χ0n) is 6.80. The van der Waals surface area contributed by atoms with Crippen LogP contribution in [0.3, 0.4) is 0 Å². The van der Waals surface area contributed by atoms with Gasteiger partial charge in [0.25, 0.3) is 0 Å². The quantitative estimate of drug-likeness (QED) is 0.466. The van der Waals surface area contributed by atoms with Crippen molar-refractivity contribution in [1.29, 1.82) is 5.26 Å². The van der Waals surface area contributed by atoms with Gasteiger partial charge in [-0.25, -0.2) is 0 Å². The molecule has 0 atom stereocenters. The molecule has 0 aliphatic carbocycles. The second-order valence-electron chi connectivity index (χ2n) is 3.15. The summed E-state index contributed by atoms with van der Waals surface area (Å²) in [6, 6.07) is 1.56. The van der Waals surface area contributed by atoms with Crippen molar-refractivity contribution in [3.63, 3.8) is 0 Å². The molecule has 0 aromatic carbocycles. The van der Waals surface area contributed by atoms with Crippen LogP contribution < -0.4 is 0 Å². The molecule has 3 nitrogen and oxygen atoms in total. The van der Waals surface area contributed by atoms with Gasteiger partial charge in [-0.1, -0.05) is 0 Å². The molecule has 0 spiro atoms. The topological polar surface area (TPSA) is 44.1 Å². The first-order valence-corrected chi connectivity index (χ1v) is 3.07. The molecular weight excluding hydrogens is 128 g/mol. The number of hydrogen-bond donors (Lipinski definition) is 0. The fraction of sp³-hybridized carbons (Fsp3) is 0.714. The lowest BCUT2D eigenvalue weighted by atomic mass is 10.1. The van der Waals surface area contributed by atoms with Gasteiger partial charge < -0.3 is 4.90 Å². The van der Waals surface area contributed by atoms with Crippen molar-refractivity contribution >= 4 is 5.91 Å². The molecule has 0 heterocycles. The second kappa shape index (κ2) is 2.70. The zero-order chi connectivity index (χ0) is 8.36. The van der Waals surface area contributed by atoms with Crippen LogP contribution in [0.25, 0.3) is 0 Å². The Morgan fingerprint density at radius 1 is 1.50 bits per heavy atom. The highest BCUT2D eigenvalue weighted by molar-refractivity contribution is 5.91. The summed E-state index contributed by atoms with van der Waals surface area (Å²) in [6.07, 6.45) is 0. The van der Waals surface area contributed by atoms with E-state index < -0.39 is 5.91 Å². The van der Waals surface area contributed by atoms with E-state index in [4.69, 9.17) is 5.26 Å². The van der Waals surface area contributed by atoms with Crippen molar-refractivity contribution in [1.82, 2.24) is 4.90 Å². The van der Waals surface area contributed by atoms with Gasteiger partial charge >= 0.3 is 5.91 Å². The molecule has 0 fully saturated rings. The number of amides is 1. The third-order valence-electron chi connectivity index (χ3n) is 1.41. The average Bonchev–Trinajstić information content (AvgIpc) is 1.83. The maximum absolute atomic E-state index is 10.7. The van der Waals surface area contributed by atoms with Crippen LogP contribution >= 0.6 is 0 Å². The lowest BCUT2D eigenvalue weighted by molar-refractivity contribution is -0.127. The third-order valence-corrected chi connectivity index (χ3v) is 1.41. The molecule has 0 radical (unpaired) electrons. The molecule has 0 aliphatic heterocycles. The van der Waals surface area contributed by atoms with Crippen molar-refractivity contribution in [2.75, 3.05) is 7.05 Å². The minimum atomic E-state index is -0.493. The Bertz CT molecular complexity index is 173. The maximum Gasteiger partial charge on any atom is 0.325 e. The van der Waals surface area contributed by atoms with Crippen LogP contribution in [0.4, 0.5) is 0 Å². The van der Waals surface area contributed by atoms with E-state index in [1.54, 1.807) is 13.1 Å². The Hall–Kier alpha value is -1.04. The van der Waals surface area contributed by atoms with Gasteiger partial charge in [0.1, 0.15) is 0 Å². The van der Waals surface area contributed by atoms with Crippen LogP contribution in [0.15, 0.2) is 0 Å². The molecule has 0 saturated heterocycles. The van der Waals surface area contributed by atoms with Gasteiger partial charge in [0.15, 0.2) is 6.07 Å². The van der Waals surface area contributed by atoms with Crippen molar-refractivity contribution in [3.8, 4) is 6.07 Å². The summed E-state index contributed by atoms with van der Waals surface area (Å²) in [5, 5.41) is 8.23. The summed E-state index contributed by atoms with van der Waals surface area (Å²) in [5.74, 6) is -0.493. The minimum absolute atomic E-state index is 0.257. The molecule has 0 aromatic heterocycles. The van der Waals surface area contributed by atoms with E-state index >= 15 is 0 Å². The van der Waals surface area contributed by atoms with Gasteiger partial charge in [-0.15, -0.1) is 0 Å². The number of carbonyl (C=O) groups excluding carboxylic acids is 1. The normalized spacial score (nSPS) is 10.3. The van der Waals surface area contributed by atoms with Crippen molar-refractivity contribution in [3.05, 3.63) is 0 Å². The fourth-order valence-corrected chi connectivity index (χ4v) is 0.380. The first-order valence-electron chi connectivity index (χ1n) is 3.07. The summed E-state index contributed by atoms with van der Waals surface area (Å²) in [6.45, 7) is 5.63. The van der Waals surface area contributed by atoms with Crippen LogP contribution in [0.1, 0.15) is 20.8 Å². The van der Waals surface area contributed by atoms with Gasteiger partial charge in [-0.05, 0) is 20.8 Å². The second-order valence-corrected chi connectivity index (χ2v) is 3.15. The Balaban J connectivity index is 4.26. The van der Waals surface area contributed by atoms with Gasteiger partial charge in [0.05, 0.1) is 0 Å². The predicted molar refractivity (Wildman–Crippen MR) is 38.1 cm³/mol. The van der Waals surface area contributed by atoms with E-state index in [1.807, 2.05) is 20.8 Å². The average molecular weight is 140 g/mol. The van der Waals surface area contributed by atoms with Crippen LogP contribution in [0.5, 0.6) is 0 Å². The fourth-order valence-electron chi connectivity index (χ4n) is 0.380. The van der Waals surface area contributed by atoms with E-state index in [1.165, 1.54) is 4.90 Å². The van der Waals surface area contributed by atoms with Crippen LogP contribution in [-0.2, 0) is 4.79 Å². The van der Waals surface area contributed by atoms with Crippen LogP contribution in [0.2, 0.25) is 0 Å². The van der Waals surface area contributed by atoms with Gasteiger partial charge in [0, 0.05) is 12.6 Å². The molecule has 0 aromatic rings. The smallest absolute Gasteiger partial charge is 0.325 e. The molecule has 0 N–H and O–H groups in total. The van der Waals surface area contributed by atoms with Crippen molar-refractivity contribution < 1.29 is 4.79 Å². The molecule has 0 aliphatic rings.